The van der Waals surface area contributed by atoms with Crippen molar-refractivity contribution in [3.8, 4) is 6.07 Å². The molecule has 0 spiro atoms. The normalized spacial score (nSPS) is 19.1. The Labute approximate surface area is 160 Å². The van der Waals surface area contributed by atoms with Gasteiger partial charge < -0.3 is 10.2 Å². The number of anilines is 1. The van der Waals surface area contributed by atoms with Crippen molar-refractivity contribution in [3.05, 3.63) is 53.2 Å². The number of rotatable bonds is 5. The van der Waals surface area contributed by atoms with E-state index in [1.54, 1.807) is 12.1 Å². The van der Waals surface area contributed by atoms with Gasteiger partial charge in [0.1, 0.15) is 6.07 Å². The molecule has 27 heavy (non-hydrogen) atoms. The summed E-state index contributed by atoms with van der Waals surface area (Å²) in [4.78, 5) is 14.6. The van der Waals surface area contributed by atoms with E-state index in [0.29, 0.717) is 24.6 Å². The minimum atomic E-state index is -0.301. The molecule has 0 saturated carbocycles. The number of nitrogens with one attached hydrogen (secondary N) is 1. The first-order chi connectivity index (χ1) is 12.9. The largest absolute Gasteiger partial charge is 0.353 e. The van der Waals surface area contributed by atoms with E-state index < -0.39 is 0 Å². The second-order valence-electron chi connectivity index (χ2n) is 7.74. The van der Waals surface area contributed by atoms with Crippen LogP contribution in [0, 0.1) is 11.3 Å². The summed E-state index contributed by atoms with van der Waals surface area (Å²) < 4.78 is 0. The maximum atomic E-state index is 12.5. The molecule has 1 aromatic carbocycles. The number of hydrogen-bond donors (Lipinski definition) is 1. The smallest absolute Gasteiger partial charge is 0.224 e. The van der Waals surface area contributed by atoms with E-state index >= 15 is 0 Å². The Balaban J connectivity index is 1.58. The number of nitriles is 1. The number of amides is 1. The summed E-state index contributed by atoms with van der Waals surface area (Å²) in [6.07, 6.45) is 1.22. The summed E-state index contributed by atoms with van der Waals surface area (Å²) in [5.74, 6) is 1.25. The third-order valence-corrected chi connectivity index (χ3v) is 5.01. The first-order valence-corrected chi connectivity index (χ1v) is 9.27. The monoisotopic (exact) mass is 363 g/mol. The first kappa shape index (κ1) is 18.8. The molecule has 0 aliphatic carbocycles. The van der Waals surface area contributed by atoms with Crippen molar-refractivity contribution in [2.75, 3.05) is 18.0 Å². The van der Waals surface area contributed by atoms with Gasteiger partial charge in [0.25, 0.3) is 0 Å². The maximum absolute atomic E-state index is 12.5. The molecule has 0 radical (unpaired) electrons. The molecule has 6 nitrogen and oxygen atoms in total. The maximum Gasteiger partial charge on any atom is 0.224 e. The zero-order chi connectivity index (χ0) is 19.4. The van der Waals surface area contributed by atoms with E-state index in [0.717, 1.165) is 24.3 Å². The summed E-state index contributed by atoms with van der Waals surface area (Å²) >= 11 is 0. The van der Waals surface area contributed by atoms with E-state index in [1.807, 2.05) is 18.2 Å². The lowest BCUT2D eigenvalue weighted by molar-refractivity contribution is -0.122. The Morgan fingerprint density at radius 3 is 2.59 bits per heavy atom. The molecule has 1 aliphatic rings. The van der Waals surface area contributed by atoms with Crippen molar-refractivity contribution in [3.63, 3.8) is 0 Å². The molecule has 0 bridgehead atoms. The fourth-order valence-electron chi connectivity index (χ4n) is 3.40. The van der Waals surface area contributed by atoms with Gasteiger partial charge in [-0.05, 0) is 42.5 Å². The lowest BCUT2D eigenvalue weighted by atomic mass is 9.99. The zero-order valence-electron chi connectivity index (χ0n) is 16.1. The van der Waals surface area contributed by atoms with Crippen molar-refractivity contribution in [2.24, 2.45) is 0 Å². The van der Waals surface area contributed by atoms with E-state index in [4.69, 9.17) is 5.26 Å². The fraction of sp³-hybridized carbons (Fsp3) is 0.429. The Kier molecular flexibility index (Phi) is 5.41. The minimum absolute atomic E-state index is 0.0301. The van der Waals surface area contributed by atoms with Gasteiger partial charge >= 0.3 is 0 Å². The number of nitrogens with zero attached hydrogens (tertiary/aromatic N) is 4. The van der Waals surface area contributed by atoms with Gasteiger partial charge in [0.2, 0.25) is 5.91 Å². The van der Waals surface area contributed by atoms with Gasteiger partial charge in [-0.25, -0.2) is 0 Å². The van der Waals surface area contributed by atoms with Crippen LogP contribution in [0.3, 0.4) is 0 Å². The van der Waals surface area contributed by atoms with Gasteiger partial charge in [0.05, 0.1) is 12.0 Å². The van der Waals surface area contributed by atoms with Gasteiger partial charge in [-0.1, -0.05) is 38.1 Å². The highest BCUT2D eigenvalue weighted by Crippen LogP contribution is 2.25. The quantitative estimate of drug-likeness (QED) is 0.883. The van der Waals surface area contributed by atoms with Crippen LogP contribution in [-0.2, 0) is 11.2 Å². The van der Waals surface area contributed by atoms with Gasteiger partial charge in [-0.3, -0.25) is 4.79 Å². The molecule has 6 heteroatoms. The van der Waals surface area contributed by atoms with Gasteiger partial charge in [0, 0.05) is 13.1 Å². The third kappa shape index (κ3) is 4.62. The van der Waals surface area contributed by atoms with Crippen LogP contribution in [0.5, 0.6) is 0 Å². The third-order valence-electron chi connectivity index (χ3n) is 5.01. The topological polar surface area (TPSA) is 81.9 Å². The Bertz CT molecular complexity index is 838. The predicted molar refractivity (Wildman–Crippen MR) is 104 cm³/mol. The molecule has 2 heterocycles. The number of hydrogen-bond acceptors (Lipinski definition) is 5. The van der Waals surface area contributed by atoms with Crippen molar-refractivity contribution in [2.45, 2.75) is 45.1 Å². The lowest BCUT2D eigenvalue weighted by Crippen LogP contribution is -2.48. The molecule has 1 amide bonds. The van der Waals surface area contributed by atoms with Crippen LogP contribution < -0.4 is 10.2 Å². The van der Waals surface area contributed by atoms with Crippen LogP contribution in [0.4, 0.5) is 5.82 Å². The Morgan fingerprint density at radius 2 is 2.00 bits per heavy atom. The first-order valence-electron chi connectivity index (χ1n) is 9.27. The van der Waals surface area contributed by atoms with Crippen LogP contribution in [0.25, 0.3) is 0 Å². The Morgan fingerprint density at radius 1 is 1.26 bits per heavy atom. The van der Waals surface area contributed by atoms with Crippen molar-refractivity contribution >= 4 is 11.7 Å². The average Bonchev–Trinajstić information content (AvgIpc) is 3.03. The van der Waals surface area contributed by atoms with Gasteiger partial charge in [0.15, 0.2) is 11.5 Å². The molecule has 3 rings (SSSR count). The number of carbonyl (C=O) groups excluding carboxylic acids is 1. The van der Waals surface area contributed by atoms with Gasteiger partial charge in [-0.2, -0.15) is 5.26 Å². The SMILES string of the molecule is CC(C)c1ccc(CC(=O)N[C@@]2(C)CCN(c3ccc(C#N)nn3)C2)cc1. The van der Waals surface area contributed by atoms with E-state index in [1.165, 1.54) is 5.56 Å². The summed E-state index contributed by atoms with van der Waals surface area (Å²) in [6.45, 7) is 7.84. The highest BCUT2D eigenvalue weighted by atomic mass is 16.1. The molecule has 1 fully saturated rings. The zero-order valence-corrected chi connectivity index (χ0v) is 16.1. The average molecular weight is 363 g/mol. The van der Waals surface area contributed by atoms with Crippen LogP contribution in [-0.4, -0.2) is 34.7 Å². The molecule has 140 valence electrons. The molecule has 1 atom stereocenters. The molecule has 1 aromatic heterocycles. The Hall–Kier alpha value is -2.94. The second-order valence-corrected chi connectivity index (χ2v) is 7.74. The fourth-order valence-corrected chi connectivity index (χ4v) is 3.40. The molecule has 1 N–H and O–H groups in total. The molecule has 2 aromatic rings. The van der Waals surface area contributed by atoms with Crippen LogP contribution in [0.15, 0.2) is 36.4 Å². The second kappa shape index (κ2) is 7.75. The van der Waals surface area contributed by atoms with Gasteiger partial charge in [-0.15, -0.1) is 10.2 Å². The summed E-state index contributed by atoms with van der Waals surface area (Å²) in [6, 6.07) is 13.7. The number of carbonyl (C=O) groups is 1. The van der Waals surface area contributed by atoms with E-state index in [-0.39, 0.29) is 11.4 Å². The summed E-state index contributed by atoms with van der Waals surface area (Å²) in [7, 11) is 0. The number of benzene rings is 1. The highest BCUT2D eigenvalue weighted by Gasteiger charge is 2.35. The molecule has 1 saturated heterocycles. The molecule has 1 aliphatic heterocycles. The molecular formula is C21H25N5O. The van der Waals surface area contributed by atoms with Crippen LogP contribution in [0.1, 0.15) is 49.9 Å². The molecule has 0 unspecified atom stereocenters. The van der Waals surface area contributed by atoms with Crippen LogP contribution >= 0.6 is 0 Å². The standard InChI is InChI=1S/C21H25N5O/c1-15(2)17-6-4-16(5-7-17)12-20(27)23-21(3)10-11-26(14-21)19-9-8-18(13-22)24-25-19/h4-9,15H,10-12,14H2,1-3H3,(H,23,27)/t21-/m0/s1. The van der Waals surface area contributed by atoms with E-state index in [2.05, 4.69) is 53.3 Å². The summed E-state index contributed by atoms with van der Waals surface area (Å²) in [5, 5.41) is 20.0. The van der Waals surface area contributed by atoms with E-state index in [9.17, 15) is 4.79 Å². The van der Waals surface area contributed by atoms with Crippen molar-refractivity contribution in [1.82, 2.24) is 15.5 Å². The predicted octanol–water partition coefficient (Wildman–Crippen LogP) is 2.80. The highest BCUT2D eigenvalue weighted by molar-refractivity contribution is 5.79. The number of aromatic nitrogens is 2. The van der Waals surface area contributed by atoms with Crippen LogP contribution in [0.2, 0.25) is 0 Å². The van der Waals surface area contributed by atoms with Crippen molar-refractivity contribution in [1.29, 1.82) is 5.26 Å². The van der Waals surface area contributed by atoms with Crippen molar-refractivity contribution < 1.29 is 4.79 Å². The minimum Gasteiger partial charge on any atom is -0.353 e. The molecular weight excluding hydrogens is 338 g/mol. The summed E-state index contributed by atoms with van der Waals surface area (Å²) in [5.41, 5.74) is 2.30. The lowest BCUT2D eigenvalue weighted by Gasteiger charge is -2.26.